The number of halogens is 4. The third-order valence-corrected chi connectivity index (χ3v) is 2.85. The highest BCUT2D eigenvalue weighted by atomic mass is 19.4. The molecular weight excluding hydrogens is 312 g/mol. The number of carbonyl (C=O) groups is 1. The lowest BCUT2D eigenvalue weighted by atomic mass is 10.2. The second-order valence-corrected chi connectivity index (χ2v) is 4.53. The van der Waals surface area contributed by atoms with Crippen LogP contribution in [0.3, 0.4) is 0 Å². The molecule has 0 bridgehead atoms. The maximum absolute atomic E-state index is 13.3. The van der Waals surface area contributed by atoms with Gasteiger partial charge in [-0.15, -0.1) is 0 Å². The normalized spacial score (nSPS) is 11.5. The molecule has 0 atom stereocenters. The number of rotatable bonds is 3. The molecule has 2 rings (SSSR count). The highest BCUT2D eigenvalue weighted by molar-refractivity contribution is 5.90. The Labute approximate surface area is 129 Å². The zero-order valence-electron chi connectivity index (χ0n) is 11.7. The summed E-state index contributed by atoms with van der Waals surface area (Å²) in [4.78, 5) is 11.6. The van der Waals surface area contributed by atoms with Gasteiger partial charge in [0, 0.05) is 17.5 Å². The lowest BCUT2D eigenvalue weighted by molar-refractivity contribution is -0.137. The molecule has 7 heteroatoms. The second-order valence-electron chi connectivity index (χ2n) is 4.53. The minimum absolute atomic E-state index is 0.204. The van der Waals surface area contributed by atoms with E-state index in [1.807, 2.05) is 0 Å². The quantitative estimate of drug-likeness (QED) is 0.794. The first-order valence-electron chi connectivity index (χ1n) is 6.52. The minimum Gasteiger partial charge on any atom is -0.314 e. The van der Waals surface area contributed by atoms with Gasteiger partial charge in [0.1, 0.15) is 5.82 Å². The zero-order valence-corrected chi connectivity index (χ0v) is 11.7. The van der Waals surface area contributed by atoms with Crippen LogP contribution < -0.4 is 10.6 Å². The van der Waals surface area contributed by atoms with E-state index in [0.29, 0.717) is 5.56 Å². The number of carbonyl (C=O) groups excluding carboxylic acids is 1. The molecule has 3 nitrogen and oxygen atoms in total. The molecular formula is C16H12F4N2O. The van der Waals surface area contributed by atoms with Crippen LogP contribution in [0.5, 0.6) is 0 Å². The Kier molecular flexibility index (Phi) is 5.00. The summed E-state index contributed by atoms with van der Waals surface area (Å²) in [5.41, 5.74) is -0.306. The lowest BCUT2D eigenvalue weighted by Gasteiger charge is -2.08. The summed E-state index contributed by atoms with van der Waals surface area (Å²) >= 11 is 0. The molecule has 0 unspecified atom stereocenters. The standard InChI is InChI=1S/C16H12F4N2O/c17-14-4-2-1-3-11(14)9-10-21-15(23)22-13-7-5-12(6-8-13)16(18,19)20/h1-10H,(H2,21,22,23)/b10-9+. The third-order valence-electron chi connectivity index (χ3n) is 2.85. The topological polar surface area (TPSA) is 41.1 Å². The van der Waals surface area contributed by atoms with Crippen molar-refractivity contribution in [2.24, 2.45) is 0 Å². The fourth-order valence-electron chi connectivity index (χ4n) is 1.73. The molecule has 23 heavy (non-hydrogen) atoms. The molecule has 0 aliphatic rings. The Hall–Kier alpha value is -2.83. The summed E-state index contributed by atoms with van der Waals surface area (Å²) in [6, 6.07) is 9.35. The van der Waals surface area contributed by atoms with Gasteiger partial charge in [0.05, 0.1) is 5.56 Å². The van der Waals surface area contributed by atoms with Crippen molar-refractivity contribution in [3.05, 3.63) is 71.7 Å². The predicted octanol–water partition coefficient (Wildman–Crippen LogP) is 4.64. The zero-order chi connectivity index (χ0) is 16.9. The van der Waals surface area contributed by atoms with Gasteiger partial charge >= 0.3 is 12.2 Å². The van der Waals surface area contributed by atoms with Crippen molar-refractivity contribution >= 4 is 17.8 Å². The van der Waals surface area contributed by atoms with Crippen LogP contribution in [-0.2, 0) is 6.18 Å². The minimum atomic E-state index is -4.43. The van der Waals surface area contributed by atoms with Crippen LogP contribution in [0.4, 0.5) is 28.0 Å². The third kappa shape index (κ3) is 4.84. The molecule has 0 spiro atoms. The Morgan fingerprint density at radius 3 is 2.26 bits per heavy atom. The lowest BCUT2D eigenvalue weighted by Crippen LogP contribution is -2.23. The Balaban J connectivity index is 1.91. The van der Waals surface area contributed by atoms with Gasteiger partial charge in [0.15, 0.2) is 0 Å². The summed E-state index contributed by atoms with van der Waals surface area (Å²) < 4.78 is 50.5. The van der Waals surface area contributed by atoms with Crippen molar-refractivity contribution in [2.75, 3.05) is 5.32 Å². The summed E-state index contributed by atoms with van der Waals surface area (Å²) in [5.74, 6) is -0.436. The Morgan fingerprint density at radius 2 is 1.65 bits per heavy atom. The average molecular weight is 324 g/mol. The maximum Gasteiger partial charge on any atom is 0.416 e. The molecule has 0 saturated heterocycles. The van der Waals surface area contributed by atoms with Gasteiger partial charge in [-0.2, -0.15) is 13.2 Å². The fraction of sp³-hybridized carbons (Fsp3) is 0.0625. The van der Waals surface area contributed by atoms with Gasteiger partial charge in [0.25, 0.3) is 0 Å². The van der Waals surface area contributed by atoms with E-state index in [1.165, 1.54) is 30.5 Å². The van der Waals surface area contributed by atoms with E-state index >= 15 is 0 Å². The van der Waals surface area contributed by atoms with Crippen LogP contribution in [0.2, 0.25) is 0 Å². The largest absolute Gasteiger partial charge is 0.416 e. The summed E-state index contributed by atoms with van der Waals surface area (Å²) in [6.07, 6.45) is -1.83. The van der Waals surface area contributed by atoms with Crippen molar-refractivity contribution in [3.8, 4) is 0 Å². The van der Waals surface area contributed by atoms with E-state index in [-0.39, 0.29) is 5.69 Å². The SMILES string of the molecule is O=C(N/C=C/c1ccccc1F)Nc1ccc(C(F)(F)F)cc1. The Morgan fingerprint density at radius 1 is 1.00 bits per heavy atom. The molecule has 120 valence electrons. The summed E-state index contributed by atoms with van der Waals surface area (Å²) in [6.45, 7) is 0. The maximum atomic E-state index is 13.3. The number of nitrogens with one attached hydrogen (secondary N) is 2. The second kappa shape index (κ2) is 6.95. The van der Waals surface area contributed by atoms with Gasteiger partial charge in [-0.1, -0.05) is 18.2 Å². The highest BCUT2D eigenvalue weighted by Crippen LogP contribution is 2.29. The van der Waals surface area contributed by atoms with Gasteiger partial charge < -0.3 is 10.6 Å². The predicted molar refractivity (Wildman–Crippen MR) is 79.0 cm³/mol. The average Bonchev–Trinajstić information content (AvgIpc) is 2.49. The van der Waals surface area contributed by atoms with E-state index in [9.17, 15) is 22.4 Å². The van der Waals surface area contributed by atoms with Gasteiger partial charge in [-0.25, -0.2) is 9.18 Å². The smallest absolute Gasteiger partial charge is 0.314 e. The van der Waals surface area contributed by atoms with Crippen molar-refractivity contribution in [1.29, 1.82) is 0 Å². The first-order chi connectivity index (χ1) is 10.9. The van der Waals surface area contributed by atoms with E-state index in [4.69, 9.17) is 0 Å². The Bertz CT molecular complexity index is 709. The van der Waals surface area contributed by atoms with E-state index in [0.717, 1.165) is 24.3 Å². The van der Waals surface area contributed by atoms with Crippen molar-refractivity contribution < 1.29 is 22.4 Å². The monoisotopic (exact) mass is 324 g/mol. The van der Waals surface area contributed by atoms with Crippen LogP contribution >= 0.6 is 0 Å². The fourth-order valence-corrected chi connectivity index (χ4v) is 1.73. The molecule has 0 radical (unpaired) electrons. The molecule has 2 aromatic rings. The van der Waals surface area contributed by atoms with E-state index < -0.39 is 23.6 Å². The van der Waals surface area contributed by atoms with Crippen LogP contribution in [0.25, 0.3) is 6.08 Å². The number of hydrogen-bond donors (Lipinski definition) is 2. The molecule has 0 aromatic heterocycles. The molecule has 0 heterocycles. The van der Waals surface area contributed by atoms with Gasteiger partial charge in [0.2, 0.25) is 0 Å². The summed E-state index contributed by atoms with van der Waals surface area (Å²) in [5, 5.41) is 4.69. The van der Waals surface area contributed by atoms with E-state index in [2.05, 4.69) is 10.6 Å². The number of benzene rings is 2. The van der Waals surface area contributed by atoms with Gasteiger partial charge in [-0.05, 0) is 36.4 Å². The van der Waals surface area contributed by atoms with Gasteiger partial charge in [-0.3, -0.25) is 0 Å². The van der Waals surface area contributed by atoms with Crippen LogP contribution in [0, 0.1) is 5.82 Å². The number of alkyl halides is 3. The first kappa shape index (κ1) is 16.5. The number of urea groups is 1. The molecule has 2 aromatic carbocycles. The molecule has 2 amide bonds. The first-order valence-corrected chi connectivity index (χ1v) is 6.52. The molecule has 0 fully saturated rings. The van der Waals surface area contributed by atoms with Crippen molar-refractivity contribution in [2.45, 2.75) is 6.18 Å². The van der Waals surface area contributed by atoms with Crippen LogP contribution in [0.1, 0.15) is 11.1 Å². The van der Waals surface area contributed by atoms with Crippen molar-refractivity contribution in [3.63, 3.8) is 0 Å². The number of hydrogen-bond acceptors (Lipinski definition) is 1. The van der Waals surface area contributed by atoms with Crippen molar-refractivity contribution in [1.82, 2.24) is 5.32 Å². The molecule has 0 aliphatic carbocycles. The molecule has 0 saturated carbocycles. The highest BCUT2D eigenvalue weighted by Gasteiger charge is 2.29. The van der Waals surface area contributed by atoms with Crippen LogP contribution in [-0.4, -0.2) is 6.03 Å². The molecule has 0 aliphatic heterocycles. The van der Waals surface area contributed by atoms with Crippen LogP contribution in [0.15, 0.2) is 54.7 Å². The molecule has 2 N–H and O–H groups in total. The number of amides is 2. The van der Waals surface area contributed by atoms with E-state index in [1.54, 1.807) is 6.07 Å². The number of anilines is 1. The summed E-state index contributed by atoms with van der Waals surface area (Å²) in [7, 11) is 0.